The molecule has 2 aromatic rings. The van der Waals surface area contributed by atoms with Crippen LogP contribution in [0, 0.1) is 11.3 Å². The lowest BCUT2D eigenvalue weighted by molar-refractivity contribution is 0.102. The van der Waals surface area contributed by atoms with Gasteiger partial charge in [0, 0.05) is 24.0 Å². The van der Waals surface area contributed by atoms with Crippen LogP contribution in [0.5, 0.6) is 5.75 Å². The summed E-state index contributed by atoms with van der Waals surface area (Å²) in [6.07, 6.45) is 2.52. The lowest BCUT2D eigenvalue weighted by atomic mass is 10.0. The molecular weight excluding hydrogens is 318 g/mol. The second kappa shape index (κ2) is 7.22. The van der Waals surface area contributed by atoms with Crippen LogP contribution in [0.25, 0.3) is 0 Å². The molecule has 0 fully saturated rings. The second-order valence-electron chi connectivity index (χ2n) is 5.86. The van der Waals surface area contributed by atoms with Crippen molar-refractivity contribution >= 4 is 11.6 Å². The first-order valence-electron chi connectivity index (χ1n) is 8.35. The predicted octanol–water partition coefficient (Wildman–Crippen LogP) is 2.71. The summed E-state index contributed by atoms with van der Waals surface area (Å²) in [5, 5.41) is 11.8. The van der Waals surface area contributed by atoms with Gasteiger partial charge in [0.15, 0.2) is 0 Å². The number of hydrogen-bond acceptors (Lipinski definition) is 4. The molecule has 0 atom stereocenters. The first-order valence-corrected chi connectivity index (χ1v) is 8.35. The molecule has 0 bridgehead atoms. The van der Waals surface area contributed by atoms with E-state index in [2.05, 4.69) is 5.32 Å². The van der Waals surface area contributed by atoms with E-state index in [1.165, 1.54) is 6.07 Å². The average Bonchev–Trinajstić information content (AvgIpc) is 2.62. The van der Waals surface area contributed by atoms with Crippen molar-refractivity contribution in [3.8, 4) is 11.8 Å². The van der Waals surface area contributed by atoms with Crippen LogP contribution in [0.1, 0.15) is 41.4 Å². The molecule has 1 aliphatic rings. The van der Waals surface area contributed by atoms with Gasteiger partial charge in [0.05, 0.1) is 18.2 Å². The molecule has 0 spiro atoms. The lowest BCUT2D eigenvalue weighted by Gasteiger charge is -2.23. The Morgan fingerprint density at radius 3 is 2.96 bits per heavy atom. The third-order valence-corrected chi connectivity index (χ3v) is 4.20. The van der Waals surface area contributed by atoms with Gasteiger partial charge < -0.3 is 14.6 Å². The number of nitriles is 1. The number of benzene rings is 1. The zero-order valence-electron chi connectivity index (χ0n) is 14.0. The van der Waals surface area contributed by atoms with Crippen LogP contribution >= 0.6 is 0 Å². The number of hydrogen-bond donors (Lipinski definition) is 1. The Labute approximate surface area is 145 Å². The fraction of sp³-hybridized carbons (Fsp3) is 0.316. The number of anilines is 1. The van der Waals surface area contributed by atoms with Crippen molar-refractivity contribution in [1.29, 1.82) is 5.26 Å². The Balaban J connectivity index is 2.03. The van der Waals surface area contributed by atoms with Crippen LogP contribution in [0.3, 0.4) is 0 Å². The van der Waals surface area contributed by atoms with Crippen LogP contribution in [0.4, 0.5) is 5.69 Å². The molecule has 1 aromatic heterocycles. The summed E-state index contributed by atoms with van der Waals surface area (Å²) in [6.45, 7) is 2.80. The highest BCUT2D eigenvalue weighted by Gasteiger charge is 2.24. The maximum atomic E-state index is 12.9. The number of ether oxygens (including phenoxy) is 1. The van der Waals surface area contributed by atoms with Crippen molar-refractivity contribution in [2.24, 2.45) is 0 Å². The van der Waals surface area contributed by atoms with Crippen LogP contribution in [-0.4, -0.2) is 17.1 Å². The Kier molecular flexibility index (Phi) is 4.85. The molecule has 6 heteroatoms. The van der Waals surface area contributed by atoms with E-state index in [4.69, 9.17) is 10.00 Å². The van der Waals surface area contributed by atoms with Gasteiger partial charge in [-0.1, -0.05) is 6.07 Å². The zero-order valence-corrected chi connectivity index (χ0v) is 14.0. The van der Waals surface area contributed by atoms with Crippen molar-refractivity contribution in [2.75, 3.05) is 11.9 Å². The minimum absolute atomic E-state index is 0.138. The molecule has 1 amide bonds. The Morgan fingerprint density at radius 2 is 2.20 bits per heavy atom. The molecule has 25 heavy (non-hydrogen) atoms. The Bertz CT molecular complexity index is 909. The standard InChI is InChI=1S/C19H19N3O3/c1-2-25-16-11-17(23)22-9-4-3-8-15(22)18(16)19(24)21-14-7-5-6-13(10-14)12-20/h5-7,10-11H,2-4,8-9H2,1H3,(H,21,24). The fourth-order valence-corrected chi connectivity index (χ4v) is 3.11. The number of fused-ring (bicyclic) bond motifs is 1. The molecule has 0 aliphatic carbocycles. The molecule has 0 saturated heterocycles. The zero-order chi connectivity index (χ0) is 17.8. The summed E-state index contributed by atoms with van der Waals surface area (Å²) in [4.78, 5) is 25.2. The summed E-state index contributed by atoms with van der Waals surface area (Å²) in [5.74, 6) is -0.0150. The highest BCUT2D eigenvalue weighted by Crippen LogP contribution is 2.26. The van der Waals surface area contributed by atoms with Crippen molar-refractivity contribution in [2.45, 2.75) is 32.7 Å². The highest BCUT2D eigenvalue weighted by atomic mass is 16.5. The minimum atomic E-state index is -0.329. The monoisotopic (exact) mass is 337 g/mol. The van der Waals surface area contributed by atoms with Crippen molar-refractivity contribution in [3.05, 3.63) is 57.5 Å². The van der Waals surface area contributed by atoms with Gasteiger partial charge in [-0.05, 0) is 44.4 Å². The van der Waals surface area contributed by atoms with Crippen LogP contribution in [0.15, 0.2) is 35.1 Å². The third-order valence-electron chi connectivity index (χ3n) is 4.20. The number of rotatable bonds is 4. The van der Waals surface area contributed by atoms with Crippen LogP contribution in [0.2, 0.25) is 0 Å². The molecular formula is C19H19N3O3. The molecule has 6 nitrogen and oxygen atoms in total. The number of nitrogens with one attached hydrogen (secondary N) is 1. The second-order valence-corrected chi connectivity index (χ2v) is 5.86. The maximum absolute atomic E-state index is 12.9. The largest absolute Gasteiger partial charge is 0.493 e. The topological polar surface area (TPSA) is 84.1 Å². The van der Waals surface area contributed by atoms with Gasteiger partial charge in [0.2, 0.25) is 0 Å². The van der Waals surface area contributed by atoms with E-state index in [1.54, 1.807) is 28.8 Å². The average molecular weight is 337 g/mol. The summed E-state index contributed by atoms with van der Waals surface area (Å²) >= 11 is 0. The Hall–Kier alpha value is -3.07. The van der Waals surface area contributed by atoms with E-state index in [1.807, 2.05) is 13.0 Å². The molecule has 1 aliphatic heterocycles. The number of carbonyl (C=O) groups is 1. The van der Waals surface area contributed by atoms with E-state index >= 15 is 0 Å². The van der Waals surface area contributed by atoms with E-state index < -0.39 is 0 Å². The first kappa shape index (κ1) is 16.8. The fourth-order valence-electron chi connectivity index (χ4n) is 3.11. The van der Waals surface area contributed by atoms with Crippen molar-refractivity contribution < 1.29 is 9.53 Å². The molecule has 2 heterocycles. The highest BCUT2D eigenvalue weighted by molar-refractivity contribution is 6.07. The number of aromatic nitrogens is 1. The molecule has 0 radical (unpaired) electrons. The van der Waals surface area contributed by atoms with E-state index in [0.29, 0.717) is 42.1 Å². The molecule has 3 rings (SSSR count). The normalized spacial score (nSPS) is 12.8. The number of amides is 1. The SMILES string of the molecule is CCOc1cc(=O)n2c(c1C(=O)Nc1cccc(C#N)c1)CCCC2. The summed E-state index contributed by atoms with van der Waals surface area (Å²) in [6, 6.07) is 10.2. The lowest BCUT2D eigenvalue weighted by Crippen LogP contribution is -2.31. The Morgan fingerprint density at radius 1 is 1.36 bits per heavy atom. The number of pyridine rings is 1. The smallest absolute Gasteiger partial charge is 0.261 e. The molecule has 128 valence electrons. The van der Waals surface area contributed by atoms with Gasteiger partial charge in [0.25, 0.3) is 11.5 Å². The van der Waals surface area contributed by atoms with Crippen molar-refractivity contribution in [1.82, 2.24) is 4.57 Å². The van der Waals surface area contributed by atoms with E-state index in [0.717, 1.165) is 18.5 Å². The van der Waals surface area contributed by atoms with E-state index in [-0.39, 0.29) is 11.5 Å². The van der Waals surface area contributed by atoms with Gasteiger partial charge in [-0.3, -0.25) is 9.59 Å². The maximum Gasteiger partial charge on any atom is 0.261 e. The number of nitrogens with zero attached hydrogens (tertiary/aromatic N) is 2. The minimum Gasteiger partial charge on any atom is -0.493 e. The van der Waals surface area contributed by atoms with Gasteiger partial charge in [-0.2, -0.15) is 5.26 Å². The third kappa shape index (κ3) is 3.41. The first-order chi connectivity index (χ1) is 12.1. The van der Waals surface area contributed by atoms with Gasteiger partial charge >= 0.3 is 0 Å². The number of carbonyl (C=O) groups excluding carboxylic acids is 1. The van der Waals surface area contributed by atoms with Gasteiger partial charge in [0.1, 0.15) is 11.3 Å². The summed E-state index contributed by atoms with van der Waals surface area (Å²) in [7, 11) is 0. The van der Waals surface area contributed by atoms with Gasteiger partial charge in [-0.25, -0.2) is 0 Å². The summed E-state index contributed by atoms with van der Waals surface area (Å²) < 4.78 is 7.22. The molecule has 1 aromatic carbocycles. The van der Waals surface area contributed by atoms with Gasteiger partial charge in [-0.15, -0.1) is 0 Å². The quantitative estimate of drug-likeness (QED) is 0.929. The van der Waals surface area contributed by atoms with E-state index in [9.17, 15) is 9.59 Å². The molecule has 0 saturated carbocycles. The van der Waals surface area contributed by atoms with Crippen molar-refractivity contribution in [3.63, 3.8) is 0 Å². The van der Waals surface area contributed by atoms with Crippen LogP contribution in [-0.2, 0) is 13.0 Å². The molecule has 0 unspecified atom stereocenters. The summed E-state index contributed by atoms with van der Waals surface area (Å²) in [5.41, 5.74) is 1.99. The van der Waals surface area contributed by atoms with Crippen LogP contribution < -0.4 is 15.6 Å². The molecule has 1 N–H and O–H groups in total. The predicted molar refractivity (Wildman–Crippen MR) is 93.9 cm³/mol.